The maximum Gasteiger partial charge on any atom is 0.450 e. The number of anilines is 1. The van der Waals surface area contributed by atoms with E-state index in [2.05, 4.69) is 17.2 Å². The summed E-state index contributed by atoms with van der Waals surface area (Å²) in [7, 11) is 0. The van der Waals surface area contributed by atoms with E-state index in [1.54, 1.807) is 30.3 Å². The van der Waals surface area contributed by atoms with E-state index in [0.29, 0.717) is 16.8 Å². The molecule has 1 heterocycles. The third kappa shape index (κ3) is 4.75. The van der Waals surface area contributed by atoms with Crippen molar-refractivity contribution in [2.24, 2.45) is 0 Å². The summed E-state index contributed by atoms with van der Waals surface area (Å²) in [6.45, 7) is 1.79. The molecule has 170 valence electrons. The van der Waals surface area contributed by atoms with Crippen LogP contribution in [0.5, 0.6) is 0 Å². The number of aliphatic hydroxyl groups excluding tert-OH is 1. The molecule has 33 heavy (non-hydrogen) atoms. The van der Waals surface area contributed by atoms with Gasteiger partial charge in [0.25, 0.3) is 5.91 Å². The summed E-state index contributed by atoms with van der Waals surface area (Å²) in [5.41, 5.74) is 3.24. The Morgan fingerprint density at radius 3 is 2.27 bits per heavy atom. The lowest BCUT2D eigenvalue weighted by molar-refractivity contribution is -0.145. The van der Waals surface area contributed by atoms with Gasteiger partial charge in [0, 0.05) is 16.9 Å². The minimum atomic E-state index is -4.67. The molecule has 0 atom stereocenters. The Labute approximate surface area is 188 Å². The van der Waals surface area contributed by atoms with E-state index >= 15 is 0 Å². The number of amides is 1. The van der Waals surface area contributed by atoms with Crippen LogP contribution in [0.4, 0.5) is 18.9 Å². The molecule has 4 aromatic rings. The fourth-order valence-corrected chi connectivity index (χ4v) is 3.68. The smallest absolute Gasteiger partial charge is 0.392 e. The summed E-state index contributed by atoms with van der Waals surface area (Å²) < 4.78 is 42.1. The summed E-state index contributed by atoms with van der Waals surface area (Å²) in [5.74, 6) is -1.36. The quantitative estimate of drug-likeness (QED) is 0.391. The van der Waals surface area contributed by atoms with Gasteiger partial charge in [-0.1, -0.05) is 31.5 Å². The molecule has 3 aromatic carbocycles. The van der Waals surface area contributed by atoms with Gasteiger partial charge in [0.2, 0.25) is 5.82 Å². The standard InChI is InChI=1S/C25H22F3N3O2/c1-2-3-16-4-7-18(8-5-16)23(33)29-19-9-11-20(12-10-19)31-22-13-6-17(15-32)14-21(22)30-24(31)25(26,27)28/h4-14,32H,2-3,15H2,1H3,(H,29,33). The monoisotopic (exact) mass is 453 g/mol. The van der Waals surface area contributed by atoms with Gasteiger partial charge in [0.1, 0.15) is 0 Å². The number of fused-ring (bicyclic) bond motifs is 1. The highest BCUT2D eigenvalue weighted by molar-refractivity contribution is 6.04. The second-order valence-electron chi connectivity index (χ2n) is 7.70. The van der Waals surface area contributed by atoms with Gasteiger partial charge in [-0.15, -0.1) is 0 Å². The normalized spacial score (nSPS) is 11.7. The van der Waals surface area contributed by atoms with E-state index in [1.165, 1.54) is 24.3 Å². The van der Waals surface area contributed by atoms with Crippen molar-refractivity contribution in [3.63, 3.8) is 0 Å². The van der Waals surface area contributed by atoms with Crippen LogP contribution < -0.4 is 5.32 Å². The molecule has 4 rings (SSSR count). The molecule has 1 amide bonds. The van der Waals surface area contributed by atoms with Gasteiger partial charge in [-0.05, 0) is 66.1 Å². The molecule has 0 spiro atoms. The van der Waals surface area contributed by atoms with Gasteiger partial charge in [-0.3, -0.25) is 9.36 Å². The number of halogens is 3. The molecule has 0 aliphatic rings. The number of rotatable bonds is 6. The fraction of sp³-hybridized carbons (Fsp3) is 0.200. The summed E-state index contributed by atoms with van der Waals surface area (Å²) in [5, 5.41) is 12.0. The molecule has 0 saturated carbocycles. The molecule has 0 aliphatic heterocycles. The number of alkyl halides is 3. The maximum absolute atomic E-state index is 13.7. The van der Waals surface area contributed by atoms with Crippen molar-refractivity contribution in [2.75, 3.05) is 5.32 Å². The Morgan fingerprint density at radius 1 is 1.00 bits per heavy atom. The average molecular weight is 453 g/mol. The van der Waals surface area contributed by atoms with Crippen molar-refractivity contribution in [1.29, 1.82) is 0 Å². The third-order valence-electron chi connectivity index (χ3n) is 5.29. The van der Waals surface area contributed by atoms with Crippen molar-refractivity contribution in [3.8, 4) is 5.69 Å². The minimum absolute atomic E-state index is 0.137. The van der Waals surface area contributed by atoms with Crippen LogP contribution >= 0.6 is 0 Å². The summed E-state index contributed by atoms with van der Waals surface area (Å²) in [6, 6.07) is 17.9. The molecule has 5 nitrogen and oxygen atoms in total. The highest BCUT2D eigenvalue weighted by Crippen LogP contribution is 2.34. The van der Waals surface area contributed by atoms with E-state index in [-0.39, 0.29) is 29.2 Å². The van der Waals surface area contributed by atoms with Crippen LogP contribution in [-0.4, -0.2) is 20.6 Å². The zero-order valence-electron chi connectivity index (χ0n) is 17.9. The molecular formula is C25H22F3N3O2. The number of nitrogens with one attached hydrogen (secondary N) is 1. The number of imidazole rings is 1. The highest BCUT2D eigenvalue weighted by atomic mass is 19.4. The molecular weight excluding hydrogens is 431 g/mol. The number of hydrogen-bond acceptors (Lipinski definition) is 3. The summed E-state index contributed by atoms with van der Waals surface area (Å²) >= 11 is 0. The molecule has 0 bridgehead atoms. The zero-order valence-corrected chi connectivity index (χ0v) is 17.9. The van der Waals surface area contributed by atoms with Crippen LogP contribution in [0.15, 0.2) is 66.7 Å². The fourth-order valence-electron chi connectivity index (χ4n) is 3.68. The Morgan fingerprint density at radius 2 is 1.67 bits per heavy atom. The number of nitrogens with zero attached hydrogens (tertiary/aromatic N) is 2. The SMILES string of the molecule is CCCc1ccc(C(=O)Nc2ccc(-n3c(C(F)(F)F)nc4cc(CO)ccc43)cc2)cc1. The number of carbonyl (C=O) groups is 1. The van der Waals surface area contributed by atoms with Crippen LogP contribution in [0.1, 0.15) is 40.7 Å². The van der Waals surface area contributed by atoms with Gasteiger partial charge in [0.05, 0.1) is 17.6 Å². The first kappa shape index (κ1) is 22.5. The van der Waals surface area contributed by atoms with E-state index < -0.39 is 12.0 Å². The highest BCUT2D eigenvalue weighted by Gasteiger charge is 2.38. The van der Waals surface area contributed by atoms with Gasteiger partial charge in [-0.25, -0.2) is 4.98 Å². The van der Waals surface area contributed by atoms with Gasteiger partial charge in [-0.2, -0.15) is 13.2 Å². The summed E-state index contributed by atoms with van der Waals surface area (Å²) in [6.07, 6.45) is -2.72. The minimum Gasteiger partial charge on any atom is -0.392 e. The van der Waals surface area contributed by atoms with Crippen LogP contribution in [0.2, 0.25) is 0 Å². The molecule has 8 heteroatoms. The van der Waals surface area contributed by atoms with Crippen molar-refractivity contribution in [1.82, 2.24) is 9.55 Å². The van der Waals surface area contributed by atoms with Crippen molar-refractivity contribution >= 4 is 22.6 Å². The zero-order chi connectivity index (χ0) is 23.6. The lowest BCUT2D eigenvalue weighted by atomic mass is 10.1. The number of aryl methyl sites for hydroxylation is 1. The van der Waals surface area contributed by atoms with Crippen LogP contribution in [0.25, 0.3) is 16.7 Å². The predicted molar refractivity (Wildman–Crippen MR) is 120 cm³/mol. The first-order valence-corrected chi connectivity index (χ1v) is 10.5. The number of aliphatic hydroxyl groups is 1. The number of aromatic nitrogens is 2. The third-order valence-corrected chi connectivity index (χ3v) is 5.29. The van der Waals surface area contributed by atoms with E-state index in [9.17, 15) is 23.1 Å². The molecule has 2 N–H and O–H groups in total. The molecule has 0 unspecified atom stereocenters. The van der Waals surface area contributed by atoms with Crippen LogP contribution in [0, 0.1) is 0 Å². The first-order chi connectivity index (χ1) is 15.8. The van der Waals surface area contributed by atoms with Crippen molar-refractivity contribution in [2.45, 2.75) is 32.5 Å². The van der Waals surface area contributed by atoms with E-state index in [4.69, 9.17) is 0 Å². The van der Waals surface area contributed by atoms with Gasteiger partial charge >= 0.3 is 6.18 Å². The molecule has 0 fully saturated rings. The Hall–Kier alpha value is -3.65. The van der Waals surface area contributed by atoms with E-state index in [1.807, 2.05) is 12.1 Å². The second-order valence-corrected chi connectivity index (χ2v) is 7.70. The van der Waals surface area contributed by atoms with Crippen LogP contribution in [0.3, 0.4) is 0 Å². The molecule has 0 radical (unpaired) electrons. The lowest BCUT2D eigenvalue weighted by Crippen LogP contribution is -2.14. The second kappa shape index (κ2) is 9.07. The Balaban J connectivity index is 1.62. The predicted octanol–water partition coefficient (Wildman–Crippen LogP) is 5.74. The molecule has 0 saturated heterocycles. The van der Waals surface area contributed by atoms with Crippen LogP contribution in [-0.2, 0) is 19.2 Å². The lowest BCUT2D eigenvalue weighted by Gasteiger charge is -2.13. The van der Waals surface area contributed by atoms with Gasteiger partial charge < -0.3 is 10.4 Å². The Bertz CT molecular complexity index is 1280. The molecule has 0 aliphatic carbocycles. The number of carbonyl (C=O) groups excluding carboxylic acids is 1. The summed E-state index contributed by atoms with van der Waals surface area (Å²) in [4.78, 5) is 16.3. The van der Waals surface area contributed by atoms with Gasteiger partial charge in [0.15, 0.2) is 0 Å². The Kier molecular flexibility index (Phi) is 6.20. The molecule has 1 aromatic heterocycles. The van der Waals surface area contributed by atoms with E-state index in [0.717, 1.165) is 23.0 Å². The van der Waals surface area contributed by atoms with Crippen molar-refractivity contribution < 1.29 is 23.1 Å². The topological polar surface area (TPSA) is 67.2 Å². The average Bonchev–Trinajstić information content (AvgIpc) is 3.19. The first-order valence-electron chi connectivity index (χ1n) is 10.5. The maximum atomic E-state index is 13.7. The number of hydrogen-bond donors (Lipinski definition) is 2. The largest absolute Gasteiger partial charge is 0.450 e. The number of benzene rings is 3. The van der Waals surface area contributed by atoms with Crippen molar-refractivity contribution in [3.05, 3.63) is 89.2 Å².